The van der Waals surface area contributed by atoms with Gasteiger partial charge in [0.1, 0.15) is 5.75 Å². The van der Waals surface area contributed by atoms with E-state index in [9.17, 15) is 0 Å². The second kappa shape index (κ2) is 7.52. The van der Waals surface area contributed by atoms with Crippen LogP contribution in [0.5, 0.6) is 5.75 Å². The van der Waals surface area contributed by atoms with Crippen LogP contribution in [0.2, 0.25) is 0 Å². The fraction of sp³-hybridized carbons (Fsp3) is 0.579. The molecule has 0 aliphatic rings. The smallest absolute Gasteiger partial charge is 0.122 e. The number of allylic oxidation sites excluding steroid dienone is 1. The summed E-state index contributed by atoms with van der Waals surface area (Å²) in [6.45, 7) is 15.8. The van der Waals surface area contributed by atoms with E-state index in [1.807, 2.05) is 6.08 Å². The molecule has 20 heavy (non-hydrogen) atoms. The van der Waals surface area contributed by atoms with E-state index in [1.165, 1.54) is 11.1 Å². The molecule has 0 heterocycles. The molecule has 0 amide bonds. The molecule has 1 aromatic rings. The predicted molar refractivity (Wildman–Crippen MR) is 88.8 cm³/mol. The van der Waals surface area contributed by atoms with Crippen molar-refractivity contribution in [2.24, 2.45) is 0 Å². The van der Waals surface area contributed by atoms with Crippen molar-refractivity contribution in [1.82, 2.24) is 0 Å². The van der Waals surface area contributed by atoms with Crippen LogP contribution in [0.1, 0.15) is 70.9 Å². The van der Waals surface area contributed by atoms with E-state index in [0.29, 0.717) is 5.92 Å². The molecule has 1 rings (SSSR count). The summed E-state index contributed by atoms with van der Waals surface area (Å²) in [4.78, 5) is 0. The number of hydrogen-bond acceptors (Lipinski definition) is 1. The molecule has 0 N–H and O–H groups in total. The van der Waals surface area contributed by atoms with Crippen LogP contribution < -0.4 is 4.74 Å². The van der Waals surface area contributed by atoms with Crippen LogP contribution in [-0.4, -0.2) is 6.61 Å². The summed E-state index contributed by atoms with van der Waals surface area (Å²) in [5.41, 5.74) is 2.89. The Morgan fingerprint density at radius 1 is 1.25 bits per heavy atom. The number of rotatable bonds is 7. The van der Waals surface area contributed by atoms with Crippen LogP contribution in [0.4, 0.5) is 0 Å². The van der Waals surface area contributed by atoms with E-state index in [0.717, 1.165) is 31.6 Å². The first-order valence-corrected chi connectivity index (χ1v) is 7.82. The highest BCUT2D eigenvalue weighted by Gasteiger charge is 2.19. The second-order valence-corrected chi connectivity index (χ2v) is 6.48. The Kier molecular flexibility index (Phi) is 6.32. The molecule has 0 aliphatic carbocycles. The molecule has 0 aliphatic heterocycles. The lowest BCUT2D eigenvalue weighted by molar-refractivity contribution is 0.311. The van der Waals surface area contributed by atoms with Crippen molar-refractivity contribution >= 4 is 0 Å². The third-order valence-corrected chi connectivity index (χ3v) is 3.72. The van der Waals surface area contributed by atoms with Gasteiger partial charge in [-0.2, -0.15) is 0 Å². The van der Waals surface area contributed by atoms with Crippen LogP contribution in [0.3, 0.4) is 0 Å². The number of ether oxygens (including phenoxy) is 1. The molecule has 1 unspecified atom stereocenters. The summed E-state index contributed by atoms with van der Waals surface area (Å²) < 4.78 is 5.95. The Hall–Kier alpha value is -1.24. The molecule has 0 fully saturated rings. The maximum atomic E-state index is 5.95. The van der Waals surface area contributed by atoms with Crippen LogP contribution in [0.25, 0.3) is 0 Å². The van der Waals surface area contributed by atoms with Gasteiger partial charge in [-0.3, -0.25) is 0 Å². The molecule has 1 atom stereocenters. The normalized spacial score (nSPS) is 13.1. The van der Waals surface area contributed by atoms with Gasteiger partial charge < -0.3 is 4.74 Å². The van der Waals surface area contributed by atoms with Gasteiger partial charge in [-0.15, -0.1) is 6.58 Å². The first-order valence-electron chi connectivity index (χ1n) is 7.82. The molecule has 0 saturated carbocycles. The Morgan fingerprint density at radius 3 is 2.45 bits per heavy atom. The molecule has 1 aromatic carbocycles. The van der Waals surface area contributed by atoms with E-state index in [-0.39, 0.29) is 5.41 Å². The second-order valence-electron chi connectivity index (χ2n) is 6.48. The Balaban J connectivity index is 3.20. The average molecular weight is 274 g/mol. The third-order valence-electron chi connectivity index (χ3n) is 3.72. The maximum absolute atomic E-state index is 5.95. The third kappa shape index (κ3) is 4.40. The van der Waals surface area contributed by atoms with Crippen LogP contribution in [-0.2, 0) is 5.41 Å². The Morgan fingerprint density at radius 2 is 1.95 bits per heavy atom. The summed E-state index contributed by atoms with van der Waals surface area (Å²) in [5.74, 6) is 1.55. The molecular formula is C19H30O. The lowest BCUT2D eigenvalue weighted by Crippen LogP contribution is -2.13. The molecule has 1 heteroatoms. The number of benzene rings is 1. The van der Waals surface area contributed by atoms with Crippen molar-refractivity contribution in [3.05, 3.63) is 42.0 Å². The van der Waals surface area contributed by atoms with Gasteiger partial charge in [-0.1, -0.05) is 52.8 Å². The van der Waals surface area contributed by atoms with Crippen molar-refractivity contribution in [2.45, 2.75) is 65.2 Å². The van der Waals surface area contributed by atoms with E-state index in [1.54, 1.807) is 0 Å². The van der Waals surface area contributed by atoms with E-state index in [2.05, 4.69) is 59.4 Å². The van der Waals surface area contributed by atoms with Gasteiger partial charge in [0.2, 0.25) is 0 Å². The molecule has 0 saturated heterocycles. The summed E-state index contributed by atoms with van der Waals surface area (Å²) in [7, 11) is 0. The molecule has 112 valence electrons. The monoisotopic (exact) mass is 274 g/mol. The average Bonchev–Trinajstić information content (AvgIpc) is 2.41. The Bertz CT molecular complexity index is 426. The van der Waals surface area contributed by atoms with Crippen molar-refractivity contribution in [2.75, 3.05) is 6.61 Å². The van der Waals surface area contributed by atoms with Gasteiger partial charge in [0.15, 0.2) is 0 Å². The van der Waals surface area contributed by atoms with Crippen molar-refractivity contribution < 1.29 is 4.74 Å². The van der Waals surface area contributed by atoms with Crippen molar-refractivity contribution in [3.8, 4) is 5.75 Å². The van der Waals surface area contributed by atoms with Crippen LogP contribution >= 0.6 is 0 Å². The van der Waals surface area contributed by atoms with Crippen LogP contribution in [0.15, 0.2) is 30.9 Å². The highest BCUT2D eigenvalue weighted by atomic mass is 16.5. The summed E-state index contributed by atoms with van der Waals surface area (Å²) in [5, 5.41) is 0. The standard InChI is InChI=1S/C19H30O/c1-7-10-15(9-3)17-14-16(19(4,5)6)11-12-18(17)20-13-8-2/h7,11-12,14-15H,1,8-10,13H2,2-6H3. The van der Waals surface area contributed by atoms with Crippen LogP contribution in [0, 0.1) is 0 Å². The zero-order valence-corrected chi connectivity index (χ0v) is 13.8. The van der Waals surface area contributed by atoms with E-state index in [4.69, 9.17) is 4.74 Å². The van der Waals surface area contributed by atoms with Gasteiger partial charge in [-0.05, 0) is 47.8 Å². The maximum Gasteiger partial charge on any atom is 0.122 e. The highest BCUT2D eigenvalue weighted by Crippen LogP contribution is 2.35. The minimum Gasteiger partial charge on any atom is -0.493 e. The number of hydrogen-bond donors (Lipinski definition) is 0. The SMILES string of the molecule is C=CCC(CC)c1cc(C(C)(C)C)ccc1OCCC. The van der Waals surface area contributed by atoms with Gasteiger partial charge in [0.05, 0.1) is 6.61 Å². The zero-order valence-electron chi connectivity index (χ0n) is 13.8. The van der Waals surface area contributed by atoms with E-state index >= 15 is 0 Å². The highest BCUT2D eigenvalue weighted by molar-refractivity contribution is 5.42. The molecular weight excluding hydrogens is 244 g/mol. The molecule has 0 spiro atoms. The van der Waals surface area contributed by atoms with Gasteiger partial charge >= 0.3 is 0 Å². The minimum atomic E-state index is 0.171. The largest absolute Gasteiger partial charge is 0.493 e. The summed E-state index contributed by atoms with van der Waals surface area (Å²) in [6.07, 6.45) is 5.18. The lowest BCUT2D eigenvalue weighted by atomic mass is 9.83. The predicted octanol–water partition coefficient (Wildman–Crippen LogP) is 5.84. The first-order chi connectivity index (χ1) is 9.43. The molecule has 0 aromatic heterocycles. The Labute approximate surface area is 125 Å². The van der Waals surface area contributed by atoms with Gasteiger partial charge in [-0.25, -0.2) is 0 Å². The van der Waals surface area contributed by atoms with Crippen molar-refractivity contribution in [3.63, 3.8) is 0 Å². The first kappa shape index (κ1) is 16.8. The van der Waals surface area contributed by atoms with Gasteiger partial charge in [0.25, 0.3) is 0 Å². The molecule has 0 bridgehead atoms. The quantitative estimate of drug-likeness (QED) is 0.567. The fourth-order valence-corrected chi connectivity index (χ4v) is 2.39. The summed E-state index contributed by atoms with van der Waals surface area (Å²) >= 11 is 0. The zero-order chi connectivity index (χ0) is 15.2. The van der Waals surface area contributed by atoms with Crippen molar-refractivity contribution in [1.29, 1.82) is 0 Å². The summed E-state index contributed by atoms with van der Waals surface area (Å²) in [6, 6.07) is 6.69. The molecule has 1 nitrogen and oxygen atoms in total. The molecule has 0 radical (unpaired) electrons. The topological polar surface area (TPSA) is 9.23 Å². The van der Waals surface area contributed by atoms with E-state index < -0.39 is 0 Å². The minimum absolute atomic E-state index is 0.171. The fourth-order valence-electron chi connectivity index (χ4n) is 2.39. The lowest BCUT2D eigenvalue weighted by Gasteiger charge is -2.24. The van der Waals surface area contributed by atoms with Gasteiger partial charge in [0, 0.05) is 0 Å².